The van der Waals surface area contributed by atoms with E-state index in [-0.39, 0.29) is 30.9 Å². The highest BCUT2D eigenvalue weighted by atomic mass is 16.5. The summed E-state index contributed by atoms with van der Waals surface area (Å²) in [4.78, 5) is 51.2. The van der Waals surface area contributed by atoms with E-state index in [2.05, 4.69) is 31.9 Å². The number of likely N-dealkylation sites (tertiary alicyclic amines) is 1. The van der Waals surface area contributed by atoms with Crippen molar-refractivity contribution < 1.29 is 24.2 Å². The van der Waals surface area contributed by atoms with Crippen molar-refractivity contribution in [2.24, 2.45) is 11.8 Å². The van der Waals surface area contributed by atoms with E-state index in [1.165, 1.54) is 0 Å². The zero-order valence-electron chi connectivity index (χ0n) is 27.9. The SMILES string of the molecule is C=CCN(CCC)C(=O)[C@@H]1[C@H]2C(=O)N(CCCCCO)C(C(=O)N(CC=C)c3ccc(N(CC)CC)cc3)C23CC[C@@]1(CC)O3. The Bertz CT molecular complexity index is 1220. The molecule has 0 aliphatic carbocycles. The highest BCUT2D eigenvalue weighted by Crippen LogP contribution is 2.64. The van der Waals surface area contributed by atoms with Gasteiger partial charge in [0.15, 0.2) is 0 Å². The second-order valence-electron chi connectivity index (χ2n) is 12.6. The van der Waals surface area contributed by atoms with Crippen LogP contribution < -0.4 is 9.80 Å². The molecule has 9 heteroatoms. The van der Waals surface area contributed by atoms with Crippen molar-refractivity contribution in [2.45, 2.75) is 89.9 Å². The fourth-order valence-corrected chi connectivity index (χ4v) is 8.13. The number of rotatable bonds is 18. The van der Waals surface area contributed by atoms with Gasteiger partial charge in [0.25, 0.3) is 5.91 Å². The topological polar surface area (TPSA) is 93.6 Å². The molecule has 1 aromatic rings. The first-order valence-corrected chi connectivity index (χ1v) is 17.0. The number of aliphatic hydroxyl groups excluding tert-OH is 1. The second-order valence-corrected chi connectivity index (χ2v) is 12.6. The van der Waals surface area contributed by atoms with Gasteiger partial charge in [-0.2, -0.15) is 0 Å². The van der Waals surface area contributed by atoms with Gasteiger partial charge in [-0.1, -0.05) is 26.0 Å². The minimum Gasteiger partial charge on any atom is -0.396 e. The van der Waals surface area contributed by atoms with Crippen LogP contribution in [0.1, 0.15) is 72.6 Å². The van der Waals surface area contributed by atoms with Gasteiger partial charge in [0.1, 0.15) is 11.6 Å². The third-order valence-electron chi connectivity index (χ3n) is 10.3. The van der Waals surface area contributed by atoms with Crippen LogP contribution in [0, 0.1) is 11.8 Å². The molecule has 3 aliphatic heterocycles. The highest BCUT2D eigenvalue weighted by molar-refractivity contribution is 6.05. The van der Waals surface area contributed by atoms with Crippen molar-refractivity contribution in [2.75, 3.05) is 55.7 Å². The van der Waals surface area contributed by atoms with Crippen LogP contribution in [-0.4, -0.2) is 95.7 Å². The number of carbonyl (C=O) groups is 3. The quantitative estimate of drug-likeness (QED) is 0.187. The Morgan fingerprint density at radius 3 is 2.22 bits per heavy atom. The summed E-state index contributed by atoms with van der Waals surface area (Å²) in [5.41, 5.74) is -0.0709. The minimum atomic E-state index is -1.09. The number of fused-ring (bicyclic) bond motifs is 1. The predicted octanol–water partition coefficient (Wildman–Crippen LogP) is 4.79. The maximum Gasteiger partial charge on any atom is 0.253 e. The number of benzene rings is 1. The minimum absolute atomic E-state index is 0.0781. The number of aliphatic hydroxyl groups is 1. The highest BCUT2D eigenvalue weighted by Gasteiger charge is 2.79. The molecule has 2 unspecified atom stereocenters. The number of hydrogen-bond donors (Lipinski definition) is 1. The van der Waals surface area contributed by atoms with E-state index in [1.54, 1.807) is 26.9 Å². The zero-order valence-corrected chi connectivity index (χ0v) is 27.9. The molecule has 1 aromatic carbocycles. The lowest BCUT2D eigenvalue weighted by molar-refractivity contribution is -0.151. The molecule has 3 amide bonds. The number of unbranched alkanes of at least 4 members (excludes halogenated alkanes) is 2. The standard InChI is InChI=1S/C36H54N4O5/c1-7-22-38(23-8-2)32(42)29-30-33(43)40(25-14-13-15-26-41)31(36(30)21-20-35(29,10-4)45-36)34(44)39(24-9-3)28-18-16-27(17-19-28)37(11-5)12-6/h7,9,16-19,29-31,41H,1,3,8,10-15,20-26H2,2,4-6H3/t29-,30-,31?,35+,36?/m0/s1. The summed E-state index contributed by atoms with van der Waals surface area (Å²) >= 11 is 0. The van der Waals surface area contributed by atoms with Crippen LogP contribution in [0.25, 0.3) is 0 Å². The van der Waals surface area contributed by atoms with Crippen LogP contribution in [0.2, 0.25) is 0 Å². The van der Waals surface area contributed by atoms with Crippen LogP contribution >= 0.6 is 0 Å². The van der Waals surface area contributed by atoms with Crippen LogP contribution in [0.3, 0.4) is 0 Å². The summed E-state index contributed by atoms with van der Waals surface area (Å²) in [5.74, 6) is -1.85. The van der Waals surface area contributed by atoms with Crippen LogP contribution in [0.15, 0.2) is 49.6 Å². The van der Waals surface area contributed by atoms with Crippen LogP contribution in [-0.2, 0) is 19.1 Å². The van der Waals surface area contributed by atoms with Crippen molar-refractivity contribution in [1.29, 1.82) is 0 Å². The van der Waals surface area contributed by atoms with Crippen LogP contribution in [0.5, 0.6) is 0 Å². The number of nitrogens with zero attached hydrogens (tertiary/aromatic N) is 4. The Labute approximate surface area is 269 Å². The smallest absolute Gasteiger partial charge is 0.253 e. The summed E-state index contributed by atoms with van der Waals surface area (Å²) in [6.07, 6.45) is 7.98. The Hall–Kier alpha value is -3.17. The van der Waals surface area contributed by atoms with E-state index in [0.29, 0.717) is 51.7 Å². The van der Waals surface area contributed by atoms with Gasteiger partial charge in [-0.25, -0.2) is 0 Å². The molecule has 0 aromatic heterocycles. The molecule has 9 nitrogen and oxygen atoms in total. The average Bonchev–Trinajstić information content (AvgIpc) is 3.65. The van der Waals surface area contributed by atoms with Gasteiger partial charge in [-0.3, -0.25) is 14.4 Å². The number of carbonyl (C=O) groups excluding carboxylic acids is 3. The van der Waals surface area contributed by atoms with Gasteiger partial charge in [0, 0.05) is 57.3 Å². The lowest BCUT2D eigenvalue weighted by Crippen LogP contribution is -2.56. The normalized spacial score (nSPS) is 26.6. The third-order valence-corrected chi connectivity index (χ3v) is 10.3. The molecule has 3 aliphatic rings. The van der Waals surface area contributed by atoms with Crippen molar-refractivity contribution >= 4 is 29.1 Å². The number of amides is 3. The van der Waals surface area contributed by atoms with E-state index >= 15 is 0 Å². The van der Waals surface area contributed by atoms with E-state index in [1.807, 2.05) is 38.1 Å². The molecule has 0 saturated carbocycles. The van der Waals surface area contributed by atoms with E-state index in [4.69, 9.17) is 4.74 Å². The first kappa shape index (κ1) is 34.7. The molecule has 0 radical (unpaired) electrons. The number of ether oxygens (including phenoxy) is 1. The lowest BCUT2D eigenvalue weighted by Gasteiger charge is -2.37. The van der Waals surface area contributed by atoms with Gasteiger partial charge in [0.05, 0.1) is 17.4 Å². The van der Waals surface area contributed by atoms with E-state index in [9.17, 15) is 19.5 Å². The largest absolute Gasteiger partial charge is 0.396 e. The predicted molar refractivity (Wildman–Crippen MR) is 179 cm³/mol. The summed E-state index contributed by atoms with van der Waals surface area (Å²) in [6.45, 7) is 19.5. The van der Waals surface area contributed by atoms with Gasteiger partial charge in [-0.05, 0) is 83.1 Å². The molecule has 5 atom stereocenters. The maximum absolute atomic E-state index is 14.9. The van der Waals surface area contributed by atoms with Crippen molar-refractivity contribution in [3.63, 3.8) is 0 Å². The Kier molecular flexibility index (Phi) is 11.5. The number of hydrogen-bond acceptors (Lipinski definition) is 6. The average molecular weight is 623 g/mol. The first-order chi connectivity index (χ1) is 21.7. The fraction of sp³-hybridized carbons (Fsp3) is 0.639. The van der Waals surface area contributed by atoms with Gasteiger partial charge in [-0.15, -0.1) is 13.2 Å². The molecule has 45 heavy (non-hydrogen) atoms. The molecule has 248 valence electrons. The van der Waals surface area contributed by atoms with Crippen LogP contribution in [0.4, 0.5) is 11.4 Å². The lowest BCUT2D eigenvalue weighted by atomic mass is 9.64. The zero-order chi connectivity index (χ0) is 32.8. The molecule has 2 bridgehead atoms. The molecule has 3 fully saturated rings. The maximum atomic E-state index is 14.9. The molecular weight excluding hydrogens is 568 g/mol. The fourth-order valence-electron chi connectivity index (χ4n) is 8.13. The Morgan fingerprint density at radius 2 is 1.64 bits per heavy atom. The first-order valence-electron chi connectivity index (χ1n) is 17.0. The Morgan fingerprint density at radius 1 is 0.978 bits per heavy atom. The van der Waals surface area contributed by atoms with Gasteiger partial charge >= 0.3 is 0 Å². The summed E-state index contributed by atoms with van der Waals surface area (Å²) in [7, 11) is 0. The third kappa shape index (κ3) is 6.18. The summed E-state index contributed by atoms with van der Waals surface area (Å²) in [6, 6.07) is 7.10. The van der Waals surface area contributed by atoms with Crippen molar-refractivity contribution in [3.8, 4) is 0 Å². The van der Waals surface area contributed by atoms with E-state index in [0.717, 1.165) is 37.3 Å². The Balaban J connectivity index is 1.78. The van der Waals surface area contributed by atoms with Gasteiger partial charge < -0.3 is 29.4 Å². The van der Waals surface area contributed by atoms with Crippen molar-refractivity contribution in [3.05, 3.63) is 49.6 Å². The monoisotopic (exact) mass is 622 g/mol. The molecule has 1 N–H and O–H groups in total. The molecule has 3 saturated heterocycles. The number of anilines is 2. The van der Waals surface area contributed by atoms with Gasteiger partial charge in [0.2, 0.25) is 11.8 Å². The molecule has 1 spiro atoms. The molecule has 4 rings (SSSR count). The molecule has 3 heterocycles. The molecular formula is C36H54N4O5. The second kappa shape index (κ2) is 14.9. The summed E-state index contributed by atoms with van der Waals surface area (Å²) in [5, 5.41) is 9.38. The summed E-state index contributed by atoms with van der Waals surface area (Å²) < 4.78 is 7.01. The van der Waals surface area contributed by atoms with E-state index < -0.39 is 29.1 Å². The van der Waals surface area contributed by atoms with Crippen molar-refractivity contribution in [1.82, 2.24) is 9.80 Å².